The van der Waals surface area contributed by atoms with Crippen LogP contribution in [0.25, 0.3) is 20.4 Å². The van der Waals surface area contributed by atoms with Crippen LogP contribution >= 0.6 is 22.7 Å². The number of nitrogens with one attached hydrogen (secondary N) is 1. The Labute approximate surface area is 173 Å². The normalized spacial score (nSPS) is 18.5. The van der Waals surface area contributed by atoms with Gasteiger partial charge >= 0.3 is 0 Å². The van der Waals surface area contributed by atoms with E-state index in [1.807, 2.05) is 23.0 Å². The lowest BCUT2D eigenvalue weighted by molar-refractivity contribution is 0.299. The Hall–Kier alpha value is -2.02. The van der Waals surface area contributed by atoms with Crippen LogP contribution in [0, 0.1) is 0 Å². The number of anilines is 2. The molecule has 0 bridgehead atoms. The van der Waals surface area contributed by atoms with Gasteiger partial charge in [0, 0.05) is 22.1 Å². The molecule has 4 aromatic rings. The second kappa shape index (κ2) is 7.78. The quantitative estimate of drug-likeness (QED) is 0.434. The van der Waals surface area contributed by atoms with Crippen LogP contribution in [-0.2, 0) is 0 Å². The molecule has 1 N–H and O–H groups in total. The van der Waals surface area contributed by atoms with Crippen molar-refractivity contribution in [3.8, 4) is 0 Å². The Balaban J connectivity index is 1.43. The minimum Gasteiger partial charge on any atom is -0.355 e. The molecule has 1 atom stereocenters. The number of thiophene rings is 1. The zero-order valence-electron chi connectivity index (χ0n) is 16.0. The van der Waals surface area contributed by atoms with Crippen LogP contribution in [0.4, 0.5) is 11.4 Å². The fourth-order valence-corrected chi connectivity index (χ4v) is 5.97. The number of thiazole rings is 1. The van der Waals surface area contributed by atoms with E-state index in [0.29, 0.717) is 5.92 Å². The molecule has 3 aromatic heterocycles. The van der Waals surface area contributed by atoms with E-state index in [2.05, 4.69) is 57.4 Å². The van der Waals surface area contributed by atoms with Crippen molar-refractivity contribution in [2.75, 3.05) is 25.0 Å². The molecule has 0 radical (unpaired) electrons. The standard InChI is InChI=1S/C22H24N4S2/c1-2-26-10-3-4-15(8-11-26)21-13-17-18(7-9-23-22(17)28-21)25-16-5-6-20-19(12-16)24-14-27-20/h5-7,9,12-15H,2-4,8,10-11H2,1H3,(H,23,25). The van der Waals surface area contributed by atoms with Crippen molar-refractivity contribution in [1.29, 1.82) is 0 Å². The summed E-state index contributed by atoms with van der Waals surface area (Å²) in [6.45, 7) is 5.88. The average molecular weight is 409 g/mol. The topological polar surface area (TPSA) is 41.0 Å². The lowest BCUT2D eigenvalue weighted by atomic mass is 9.98. The Morgan fingerprint density at radius 3 is 3.04 bits per heavy atom. The number of fused-ring (bicyclic) bond motifs is 2. The molecule has 1 saturated heterocycles. The van der Waals surface area contributed by atoms with E-state index in [9.17, 15) is 0 Å². The minimum atomic E-state index is 0.662. The summed E-state index contributed by atoms with van der Waals surface area (Å²) in [5, 5.41) is 4.83. The van der Waals surface area contributed by atoms with Crippen LogP contribution in [0.1, 0.15) is 37.0 Å². The zero-order chi connectivity index (χ0) is 18.9. The molecular weight excluding hydrogens is 384 g/mol. The maximum absolute atomic E-state index is 4.65. The second-order valence-electron chi connectivity index (χ2n) is 7.45. The molecule has 6 heteroatoms. The summed E-state index contributed by atoms with van der Waals surface area (Å²) in [6.07, 6.45) is 5.74. The van der Waals surface area contributed by atoms with E-state index < -0.39 is 0 Å². The van der Waals surface area contributed by atoms with Crippen LogP contribution < -0.4 is 5.32 Å². The number of likely N-dealkylation sites (tertiary alicyclic amines) is 1. The molecule has 1 unspecified atom stereocenters. The van der Waals surface area contributed by atoms with E-state index in [-0.39, 0.29) is 0 Å². The largest absolute Gasteiger partial charge is 0.355 e. The molecule has 4 nitrogen and oxygen atoms in total. The van der Waals surface area contributed by atoms with Gasteiger partial charge in [-0.1, -0.05) is 6.92 Å². The fourth-order valence-electron chi connectivity index (χ4n) is 4.12. The SMILES string of the molecule is CCN1CCCC(c2cc3c(Nc4ccc5scnc5c4)ccnc3s2)CC1. The van der Waals surface area contributed by atoms with Gasteiger partial charge in [-0.05, 0) is 75.1 Å². The Morgan fingerprint density at radius 1 is 1.14 bits per heavy atom. The first-order chi connectivity index (χ1) is 13.8. The number of pyridine rings is 1. The molecule has 1 fully saturated rings. The van der Waals surface area contributed by atoms with Crippen LogP contribution in [0.3, 0.4) is 0 Å². The van der Waals surface area contributed by atoms with Gasteiger partial charge in [-0.25, -0.2) is 9.97 Å². The van der Waals surface area contributed by atoms with E-state index in [1.165, 1.54) is 47.3 Å². The molecule has 1 aliphatic heterocycles. The molecule has 1 aliphatic rings. The number of aromatic nitrogens is 2. The highest BCUT2D eigenvalue weighted by molar-refractivity contribution is 7.18. The third-order valence-corrected chi connectivity index (χ3v) is 7.75. The van der Waals surface area contributed by atoms with Gasteiger partial charge < -0.3 is 10.2 Å². The zero-order valence-corrected chi connectivity index (χ0v) is 17.7. The monoisotopic (exact) mass is 408 g/mol. The first kappa shape index (κ1) is 18.0. The Morgan fingerprint density at radius 2 is 2.11 bits per heavy atom. The highest BCUT2D eigenvalue weighted by atomic mass is 32.1. The van der Waals surface area contributed by atoms with Crippen molar-refractivity contribution >= 4 is 54.5 Å². The first-order valence-corrected chi connectivity index (χ1v) is 11.7. The predicted molar refractivity (Wildman–Crippen MR) is 121 cm³/mol. The number of hydrogen-bond acceptors (Lipinski definition) is 6. The summed E-state index contributed by atoms with van der Waals surface area (Å²) in [7, 11) is 0. The smallest absolute Gasteiger partial charge is 0.125 e. The molecule has 0 spiro atoms. The van der Waals surface area contributed by atoms with E-state index in [4.69, 9.17) is 0 Å². The lowest BCUT2D eigenvalue weighted by Crippen LogP contribution is -2.23. The van der Waals surface area contributed by atoms with Gasteiger partial charge in [0.2, 0.25) is 0 Å². The predicted octanol–water partition coefficient (Wildman–Crippen LogP) is 6.24. The summed E-state index contributed by atoms with van der Waals surface area (Å²) >= 11 is 3.55. The van der Waals surface area contributed by atoms with Gasteiger partial charge in [0.15, 0.2) is 0 Å². The lowest BCUT2D eigenvalue weighted by Gasteiger charge is -2.17. The third-order valence-electron chi connectivity index (χ3n) is 5.73. The van der Waals surface area contributed by atoms with Crippen LogP contribution in [0.15, 0.2) is 42.0 Å². The van der Waals surface area contributed by atoms with Gasteiger partial charge in [-0.15, -0.1) is 22.7 Å². The van der Waals surface area contributed by atoms with Crippen molar-refractivity contribution in [1.82, 2.24) is 14.9 Å². The number of nitrogens with zero attached hydrogens (tertiary/aromatic N) is 3. The number of rotatable bonds is 4. The summed E-state index contributed by atoms with van der Waals surface area (Å²) in [4.78, 5) is 14.3. The fraction of sp³-hybridized carbons (Fsp3) is 0.364. The highest BCUT2D eigenvalue weighted by Gasteiger charge is 2.20. The number of benzene rings is 1. The molecule has 5 rings (SSSR count). The van der Waals surface area contributed by atoms with Gasteiger partial charge in [-0.2, -0.15) is 0 Å². The second-order valence-corrected chi connectivity index (χ2v) is 9.40. The molecular formula is C22H24N4S2. The maximum atomic E-state index is 4.65. The van der Waals surface area contributed by atoms with Crippen LogP contribution in [0.2, 0.25) is 0 Å². The third kappa shape index (κ3) is 3.52. The molecule has 1 aromatic carbocycles. The summed E-state index contributed by atoms with van der Waals surface area (Å²) < 4.78 is 1.22. The van der Waals surface area contributed by atoms with Gasteiger partial charge in [0.1, 0.15) is 4.83 Å². The van der Waals surface area contributed by atoms with E-state index in [1.54, 1.807) is 11.3 Å². The molecule has 0 saturated carbocycles. The molecule has 0 amide bonds. The van der Waals surface area contributed by atoms with Gasteiger partial charge in [0.25, 0.3) is 0 Å². The molecule has 4 heterocycles. The van der Waals surface area contributed by atoms with E-state index in [0.717, 1.165) is 28.3 Å². The molecule has 0 aliphatic carbocycles. The summed E-state index contributed by atoms with van der Waals surface area (Å²) in [5.74, 6) is 0.662. The Bertz CT molecular complexity index is 1100. The van der Waals surface area contributed by atoms with Crippen LogP contribution in [-0.4, -0.2) is 34.5 Å². The Kier molecular flexibility index (Phi) is 5.01. The van der Waals surface area contributed by atoms with E-state index >= 15 is 0 Å². The van der Waals surface area contributed by atoms with Gasteiger partial charge in [0.05, 0.1) is 21.4 Å². The summed E-state index contributed by atoms with van der Waals surface area (Å²) in [6, 6.07) is 10.8. The maximum Gasteiger partial charge on any atom is 0.125 e. The number of hydrogen-bond donors (Lipinski definition) is 1. The van der Waals surface area contributed by atoms with Gasteiger partial charge in [-0.3, -0.25) is 0 Å². The molecule has 144 valence electrons. The minimum absolute atomic E-state index is 0.662. The average Bonchev–Trinajstić information content (AvgIpc) is 3.29. The highest BCUT2D eigenvalue weighted by Crippen LogP contribution is 2.38. The summed E-state index contributed by atoms with van der Waals surface area (Å²) in [5.41, 5.74) is 5.15. The van der Waals surface area contributed by atoms with Crippen molar-refractivity contribution in [3.63, 3.8) is 0 Å². The first-order valence-electron chi connectivity index (χ1n) is 10.0. The van der Waals surface area contributed by atoms with Crippen LogP contribution in [0.5, 0.6) is 0 Å². The van der Waals surface area contributed by atoms with Crippen molar-refractivity contribution < 1.29 is 0 Å². The van der Waals surface area contributed by atoms with Crippen molar-refractivity contribution in [3.05, 3.63) is 46.9 Å². The van der Waals surface area contributed by atoms with Crippen molar-refractivity contribution in [2.45, 2.75) is 32.1 Å². The molecule has 28 heavy (non-hydrogen) atoms. The van der Waals surface area contributed by atoms with Crippen molar-refractivity contribution in [2.24, 2.45) is 0 Å².